The molecule has 0 fully saturated rings. The van der Waals surface area contributed by atoms with Crippen molar-refractivity contribution >= 4 is 27.6 Å². The largest absolute Gasteiger partial charge is 0.293 e. The van der Waals surface area contributed by atoms with Gasteiger partial charge in [0.05, 0.1) is 10.3 Å². The van der Waals surface area contributed by atoms with E-state index in [0.717, 1.165) is 0 Å². The smallest absolute Gasteiger partial charge is 0.244 e. The fourth-order valence-corrected chi connectivity index (χ4v) is 4.64. The maximum Gasteiger partial charge on any atom is 0.244 e. The number of carbonyl (C=O) groups excluding carboxylic acids is 1. The van der Waals surface area contributed by atoms with Gasteiger partial charge in [0, 0.05) is 24.8 Å². The van der Waals surface area contributed by atoms with Crippen LogP contribution in [-0.2, 0) is 10.0 Å². The van der Waals surface area contributed by atoms with E-state index in [2.05, 4.69) is 4.98 Å². The minimum atomic E-state index is -3.51. The summed E-state index contributed by atoms with van der Waals surface area (Å²) in [5.74, 6) is 0.0206. The van der Waals surface area contributed by atoms with Crippen LogP contribution in [0.3, 0.4) is 0 Å². The molecule has 0 unspecified atom stereocenters. The fourth-order valence-electron chi connectivity index (χ4n) is 2.37. The summed E-state index contributed by atoms with van der Waals surface area (Å²) in [5, 5.41) is 0.315. The lowest BCUT2D eigenvalue weighted by atomic mass is 10.1. The number of rotatable bonds is 8. The maximum absolute atomic E-state index is 12.4. The van der Waals surface area contributed by atoms with Gasteiger partial charge >= 0.3 is 0 Å². The molecule has 0 bridgehead atoms. The normalized spacial score (nSPS) is 13.0. The Hall–Kier alpha value is -1.70. The van der Waals surface area contributed by atoms with Crippen molar-refractivity contribution in [1.29, 1.82) is 0 Å². The lowest BCUT2D eigenvalue weighted by molar-refractivity contribution is 0.0994. The third kappa shape index (κ3) is 4.68. The molecule has 2 rings (SSSR count). The van der Waals surface area contributed by atoms with Crippen molar-refractivity contribution in [1.82, 2.24) is 9.29 Å². The van der Waals surface area contributed by atoms with Crippen LogP contribution >= 0.6 is 11.8 Å². The first-order valence-corrected chi connectivity index (χ1v) is 10.4. The van der Waals surface area contributed by atoms with Gasteiger partial charge < -0.3 is 0 Å². The second kappa shape index (κ2) is 8.60. The number of pyridine rings is 1. The predicted octanol–water partition coefficient (Wildman–Crippen LogP) is 3.48. The van der Waals surface area contributed by atoms with E-state index in [9.17, 15) is 13.2 Å². The molecular weight excluding hydrogens is 356 g/mol. The first-order chi connectivity index (χ1) is 11.9. The second-order valence-electron chi connectivity index (χ2n) is 5.41. The molecule has 134 valence electrons. The molecule has 0 saturated heterocycles. The van der Waals surface area contributed by atoms with Gasteiger partial charge in [-0.3, -0.25) is 4.79 Å². The fraction of sp³-hybridized carbons (Fsp3) is 0.333. The molecule has 1 aromatic heterocycles. The second-order valence-corrected chi connectivity index (χ2v) is 8.71. The van der Waals surface area contributed by atoms with Gasteiger partial charge in [-0.1, -0.05) is 55.9 Å². The zero-order valence-electron chi connectivity index (χ0n) is 14.5. The van der Waals surface area contributed by atoms with Crippen molar-refractivity contribution in [2.24, 2.45) is 0 Å². The molecule has 25 heavy (non-hydrogen) atoms. The average molecular weight is 379 g/mol. The molecule has 1 atom stereocenters. The Bertz CT molecular complexity index is 802. The van der Waals surface area contributed by atoms with Gasteiger partial charge in [-0.15, -0.1) is 0 Å². The van der Waals surface area contributed by atoms with Crippen LogP contribution in [0.1, 0.15) is 31.1 Å². The van der Waals surface area contributed by atoms with Gasteiger partial charge in [-0.2, -0.15) is 4.31 Å². The third-order valence-corrected chi connectivity index (χ3v) is 6.86. The molecule has 0 spiro atoms. The van der Waals surface area contributed by atoms with E-state index in [4.69, 9.17) is 0 Å². The van der Waals surface area contributed by atoms with E-state index >= 15 is 0 Å². The summed E-state index contributed by atoms with van der Waals surface area (Å²) >= 11 is 1.32. The number of benzene rings is 1. The molecule has 7 heteroatoms. The number of Topliss-reactive ketones (excluding diaryl/α,β-unsaturated/α-hetero) is 1. The lowest BCUT2D eigenvalue weighted by Crippen LogP contribution is -2.30. The summed E-state index contributed by atoms with van der Waals surface area (Å²) in [6.45, 7) is 6.25. The number of hydrogen-bond donors (Lipinski definition) is 0. The summed E-state index contributed by atoms with van der Waals surface area (Å²) in [7, 11) is -3.51. The van der Waals surface area contributed by atoms with Gasteiger partial charge in [0.15, 0.2) is 5.78 Å². The van der Waals surface area contributed by atoms with Gasteiger partial charge in [-0.05, 0) is 19.1 Å². The quantitative estimate of drug-likeness (QED) is 0.520. The van der Waals surface area contributed by atoms with E-state index in [1.165, 1.54) is 22.3 Å². The highest BCUT2D eigenvalue weighted by molar-refractivity contribution is 8.00. The van der Waals surface area contributed by atoms with Crippen LogP contribution in [0.25, 0.3) is 0 Å². The summed E-state index contributed by atoms with van der Waals surface area (Å²) in [4.78, 5) is 16.8. The van der Waals surface area contributed by atoms with Crippen molar-refractivity contribution in [3.8, 4) is 0 Å². The summed E-state index contributed by atoms with van der Waals surface area (Å²) in [6, 6.07) is 12.3. The number of hydrogen-bond acceptors (Lipinski definition) is 5. The lowest BCUT2D eigenvalue weighted by Gasteiger charge is -2.18. The van der Waals surface area contributed by atoms with Crippen molar-refractivity contribution in [2.75, 3.05) is 13.1 Å². The van der Waals surface area contributed by atoms with Crippen molar-refractivity contribution < 1.29 is 13.2 Å². The average Bonchev–Trinajstić information content (AvgIpc) is 2.63. The first-order valence-electron chi connectivity index (χ1n) is 8.12. The minimum absolute atomic E-state index is 0.0206. The van der Waals surface area contributed by atoms with Crippen LogP contribution in [-0.4, -0.2) is 41.8 Å². The Morgan fingerprint density at radius 3 is 2.28 bits per heavy atom. The highest BCUT2D eigenvalue weighted by Gasteiger charge is 2.22. The molecule has 5 nitrogen and oxygen atoms in total. The molecule has 1 heterocycles. The molecular formula is C18H22N2O3S2. The summed E-state index contributed by atoms with van der Waals surface area (Å²) in [6.07, 6.45) is 1.36. The maximum atomic E-state index is 12.4. The van der Waals surface area contributed by atoms with Gasteiger partial charge in [0.2, 0.25) is 10.0 Å². The standard InChI is InChI=1S/C18H22N2O3S2/c1-4-20(5-2)25(22,23)16-11-12-17(19-13-16)24-14(3)18(21)15-9-7-6-8-10-15/h6-14H,4-5H2,1-3H3/t14-/m1/s1. The Morgan fingerprint density at radius 1 is 1.12 bits per heavy atom. The summed E-state index contributed by atoms with van der Waals surface area (Å²) < 4.78 is 26.3. The van der Waals surface area contributed by atoms with Gasteiger partial charge in [0.1, 0.15) is 4.90 Å². The Labute approximate surface area is 153 Å². The highest BCUT2D eigenvalue weighted by atomic mass is 32.2. The number of nitrogens with zero attached hydrogens (tertiary/aromatic N) is 2. The monoisotopic (exact) mass is 378 g/mol. The van der Waals surface area contributed by atoms with Crippen LogP contribution in [0.5, 0.6) is 0 Å². The van der Waals surface area contributed by atoms with Crippen molar-refractivity contribution in [3.63, 3.8) is 0 Å². The Kier molecular flexibility index (Phi) is 6.75. The third-order valence-electron chi connectivity index (χ3n) is 3.78. The van der Waals surface area contributed by atoms with E-state index in [-0.39, 0.29) is 15.9 Å². The number of ketones is 1. The van der Waals surface area contributed by atoms with Crippen LogP contribution in [0.4, 0.5) is 0 Å². The van der Waals surface area contributed by atoms with E-state index in [1.807, 2.05) is 25.1 Å². The number of aromatic nitrogens is 1. The first kappa shape index (κ1) is 19.6. The molecule has 0 N–H and O–H groups in total. The van der Waals surface area contributed by atoms with Crippen molar-refractivity contribution in [2.45, 2.75) is 35.9 Å². The van der Waals surface area contributed by atoms with E-state index in [0.29, 0.717) is 23.7 Å². The van der Waals surface area contributed by atoms with E-state index in [1.54, 1.807) is 38.1 Å². The van der Waals surface area contributed by atoms with Gasteiger partial charge in [0.25, 0.3) is 0 Å². The van der Waals surface area contributed by atoms with Crippen molar-refractivity contribution in [3.05, 3.63) is 54.2 Å². The topological polar surface area (TPSA) is 67.3 Å². The minimum Gasteiger partial charge on any atom is -0.293 e. The SMILES string of the molecule is CCN(CC)S(=O)(=O)c1ccc(S[C@H](C)C(=O)c2ccccc2)nc1. The highest BCUT2D eigenvalue weighted by Crippen LogP contribution is 2.25. The number of sulfonamides is 1. The van der Waals surface area contributed by atoms with Crippen LogP contribution in [0, 0.1) is 0 Å². The van der Waals surface area contributed by atoms with E-state index < -0.39 is 10.0 Å². The van der Waals surface area contributed by atoms with Crippen LogP contribution < -0.4 is 0 Å². The molecule has 0 amide bonds. The van der Waals surface area contributed by atoms with Crippen LogP contribution in [0.15, 0.2) is 58.6 Å². The summed E-state index contributed by atoms with van der Waals surface area (Å²) in [5.41, 5.74) is 0.656. The molecule has 0 aliphatic heterocycles. The Morgan fingerprint density at radius 2 is 1.76 bits per heavy atom. The zero-order valence-corrected chi connectivity index (χ0v) is 16.2. The molecule has 0 aliphatic carbocycles. The zero-order chi connectivity index (χ0) is 18.4. The molecule has 2 aromatic rings. The predicted molar refractivity (Wildman–Crippen MR) is 100 cm³/mol. The number of carbonyl (C=O) groups is 1. The number of thioether (sulfide) groups is 1. The molecule has 0 aliphatic rings. The molecule has 0 saturated carbocycles. The van der Waals surface area contributed by atoms with Gasteiger partial charge in [-0.25, -0.2) is 13.4 Å². The molecule has 0 radical (unpaired) electrons. The Balaban J connectivity index is 2.11. The van der Waals surface area contributed by atoms with Crippen LogP contribution in [0.2, 0.25) is 0 Å². The molecule has 1 aromatic carbocycles.